The van der Waals surface area contributed by atoms with E-state index in [1.807, 2.05) is 60.0 Å². The second-order valence-electron chi connectivity index (χ2n) is 6.58. The zero-order chi connectivity index (χ0) is 19.1. The van der Waals surface area contributed by atoms with Gasteiger partial charge in [-0.1, -0.05) is 35.9 Å². The fourth-order valence-corrected chi connectivity index (χ4v) is 3.75. The summed E-state index contributed by atoms with van der Waals surface area (Å²) in [5.74, 6) is 0.528. The predicted molar refractivity (Wildman–Crippen MR) is 110 cm³/mol. The second kappa shape index (κ2) is 6.92. The number of fused-ring (bicyclic) bond motifs is 3. The lowest BCUT2D eigenvalue weighted by molar-refractivity contribution is 0.244. The highest BCUT2D eigenvalue weighted by atomic mass is 35.5. The molecule has 0 aliphatic rings. The summed E-state index contributed by atoms with van der Waals surface area (Å²) in [7, 11) is 3.70. The van der Waals surface area contributed by atoms with Crippen LogP contribution in [0.1, 0.15) is 5.56 Å². The van der Waals surface area contributed by atoms with Gasteiger partial charge in [0.2, 0.25) is 10.5 Å². The van der Waals surface area contributed by atoms with Crippen LogP contribution in [-0.2, 0) is 20.3 Å². The van der Waals surface area contributed by atoms with Gasteiger partial charge in [-0.2, -0.15) is 0 Å². The fourth-order valence-electron chi connectivity index (χ4n) is 3.26. The van der Waals surface area contributed by atoms with Crippen molar-refractivity contribution < 1.29 is 0 Å². The lowest BCUT2D eigenvalue weighted by Gasteiger charge is -2.16. The maximum Gasteiger partial charge on any atom is 0.262 e. The molecule has 0 aliphatic heterocycles. The number of rotatable bonds is 4. The van der Waals surface area contributed by atoms with Gasteiger partial charge in [-0.25, -0.2) is 4.68 Å². The molecule has 2 heterocycles. The minimum Gasteiger partial charge on any atom is -0.283 e. The number of para-hydroxylation sites is 1. The van der Waals surface area contributed by atoms with Crippen molar-refractivity contribution in [1.29, 1.82) is 0 Å². The molecule has 0 spiro atoms. The Morgan fingerprint density at radius 2 is 1.96 bits per heavy atom. The first kappa shape index (κ1) is 17.9. The number of nitrogens with zero attached hydrogens (tertiary/aromatic N) is 5. The van der Waals surface area contributed by atoms with Crippen molar-refractivity contribution in [1.82, 2.24) is 23.6 Å². The zero-order valence-electron chi connectivity index (χ0n) is 15.0. The Kier molecular flexibility index (Phi) is 4.59. The Morgan fingerprint density at radius 3 is 2.74 bits per heavy atom. The topological polar surface area (TPSA) is 47.5 Å². The summed E-state index contributed by atoms with van der Waals surface area (Å²) in [4.78, 5) is 14.7. The largest absolute Gasteiger partial charge is 0.283 e. The molecule has 0 N–H and O–H groups in total. The quantitative estimate of drug-likeness (QED) is 0.493. The number of halogens is 1. The van der Waals surface area contributed by atoms with Crippen molar-refractivity contribution in [2.75, 3.05) is 7.05 Å². The summed E-state index contributed by atoms with van der Waals surface area (Å²) in [6.45, 7) is 1.20. The average molecular weight is 400 g/mol. The third-order valence-electron chi connectivity index (χ3n) is 4.52. The molecular weight excluding hydrogens is 382 g/mol. The van der Waals surface area contributed by atoms with Gasteiger partial charge in [0.25, 0.3) is 5.56 Å². The van der Waals surface area contributed by atoms with Crippen molar-refractivity contribution in [2.24, 2.45) is 7.05 Å². The van der Waals surface area contributed by atoms with Gasteiger partial charge in [-0.3, -0.25) is 18.7 Å². The van der Waals surface area contributed by atoms with Crippen molar-refractivity contribution >= 4 is 40.5 Å². The molecule has 27 heavy (non-hydrogen) atoms. The Labute approximate surface area is 165 Å². The molecule has 0 radical (unpaired) electrons. The van der Waals surface area contributed by atoms with Crippen molar-refractivity contribution in [3.05, 3.63) is 74.2 Å². The van der Waals surface area contributed by atoms with E-state index in [2.05, 4.69) is 10.00 Å². The van der Waals surface area contributed by atoms with Crippen molar-refractivity contribution in [3.63, 3.8) is 0 Å². The Hall–Kier alpha value is -2.48. The van der Waals surface area contributed by atoms with Crippen LogP contribution < -0.4 is 5.56 Å². The standard InChI is InChI=1S/C19H18ClN5OS/c1-22(11-13-6-5-7-14(20)10-13)12-24-19(27)25-16-9-4-3-8-15(16)17(26)23(2)18(25)21-24/h3-10H,11-12H2,1-2H3. The molecular formula is C19H18ClN5OS. The summed E-state index contributed by atoms with van der Waals surface area (Å²) in [6, 6.07) is 15.2. The number of aromatic nitrogens is 4. The summed E-state index contributed by atoms with van der Waals surface area (Å²) >= 11 is 11.7. The zero-order valence-corrected chi connectivity index (χ0v) is 16.5. The van der Waals surface area contributed by atoms with E-state index < -0.39 is 0 Å². The molecule has 0 aliphatic carbocycles. The lowest BCUT2D eigenvalue weighted by Crippen LogP contribution is -2.22. The van der Waals surface area contributed by atoms with E-state index in [9.17, 15) is 4.79 Å². The molecule has 8 heteroatoms. The van der Waals surface area contributed by atoms with Crippen molar-refractivity contribution in [2.45, 2.75) is 13.2 Å². The molecule has 0 atom stereocenters. The van der Waals surface area contributed by atoms with E-state index in [0.29, 0.717) is 34.2 Å². The van der Waals surface area contributed by atoms with Crippen LogP contribution in [0.25, 0.3) is 16.7 Å². The SMILES string of the molecule is CN(Cc1cccc(Cl)c1)Cn1nc2n(C)c(=O)c3ccccc3n2c1=S. The van der Waals surface area contributed by atoms with E-state index in [1.165, 1.54) is 4.57 Å². The normalized spacial score (nSPS) is 11.7. The molecule has 6 nitrogen and oxygen atoms in total. The van der Waals surface area contributed by atoms with Gasteiger partial charge >= 0.3 is 0 Å². The first-order valence-corrected chi connectivity index (χ1v) is 9.24. The number of benzene rings is 2. The summed E-state index contributed by atoms with van der Waals surface area (Å²) in [5, 5.41) is 5.93. The van der Waals surface area contributed by atoms with Crippen LogP contribution in [0.3, 0.4) is 0 Å². The third-order valence-corrected chi connectivity index (χ3v) is 5.15. The summed E-state index contributed by atoms with van der Waals surface area (Å²) < 4.78 is 5.67. The Morgan fingerprint density at radius 1 is 1.19 bits per heavy atom. The van der Waals surface area contributed by atoms with E-state index in [0.717, 1.165) is 11.1 Å². The van der Waals surface area contributed by atoms with Gasteiger partial charge in [0.05, 0.1) is 17.6 Å². The second-order valence-corrected chi connectivity index (χ2v) is 7.39. The van der Waals surface area contributed by atoms with Gasteiger partial charge in [-0.05, 0) is 49.1 Å². The molecule has 0 bridgehead atoms. The van der Waals surface area contributed by atoms with E-state index in [1.54, 1.807) is 11.7 Å². The van der Waals surface area contributed by atoms with Gasteiger partial charge < -0.3 is 0 Å². The van der Waals surface area contributed by atoms with E-state index in [4.69, 9.17) is 23.8 Å². The van der Waals surface area contributed by atoms with Crippen molar-refractivity contribution in [3.8, 4) is 0 Å². The van der Waals surface area contributed by atoms with Crippen LogP contribution in [0.4, 0.5) is 0 Å². The molecule has 2 aromatic carbocycles. The maximum absolute atomic E-state index is 12.6. The Balaban J connectivity index is 1.76. The maximum atomic E-state index is 12.6. The van der Waals surface area contributed by atoms with Gasteiger partial charge in [0, 0.05) is 18.6 Å². The molecule has 0 fully saturated rings. The minimum absolute atomic E-state index is 0.0856. The highest BCUT2D eigenvalue weighted by Crippen LogP contribution is 2.15. The minimum atomic E-state index is -0.0856. The molecule has 0 saturated heterocycles. The van der Waals surface area contributed by atoms with Crippen LogP contribution in [0.2, 0.25) is 5.02 Å². The first-order valence-electron chi connectivity index (χ1n) is 8.46. The Bertz CT molecular complexity index is 1270. The number of hydrogen-bond acceptors (Lipinski definition) is 4. The van der Waals surface area contributed by atoms with Crippen LogP contribution in [0.15, 0.2) is 53.3 Å². The lowest BCUT2D eigenvalue weighted by atomic mass is 10.2. The number of aryl methyl sites for hydroxylation is 1. The average Bonchev–Trinajstić information content (AvgIpc) is 2.96. The monoisotopic (exact) mass is 399 g/mol. The smallest absolute Gasteiger partial charge is 0.262 e. The number of hydrogen-bond donors (Lipinski definition) is 0. The highest BCUT2D eigenvalue weighted by molar-refractivity contribution is 7.71. The third kappa shape index (κ3) is 3.18. The first-order chi connectivity index (χ1) is 13.0. The van der Waals surface area contributed by atoms with Crippen LogP contribution in [0, 0.1) is 4.77 Å². The molecule has 4 aromatic rings. The molecule has 0 amide bonds. The van der Waals surface area contributed by atoms with Gasteiger partial charge in [0.15, 0.2) is 0 Å². The molecule has 0 unspecified atom stereocenters. The highest BCUT2D eigenvalue weighted by Gasteiger charge is 2.14. The molecule has 138 valence electrons. The molecule has 0 saturated carbocycles. The van der Waals surface area contributed by atoms with E-state index in [-0.39, 0.29) is 5.56 Å². The van der Waals surface area contributed by atoms with Crippen LogP contribution in [0.5, 0.6) is 0 Å². The van der Waals surface area contributed by atoms with Crippen LogP contribution >= 0.6 is 23.8 Å². The molecule has 4 rings (SSSR count). The van der Waals surface area contributed by atoms with Gasteiger partial charge in [-0.15, -0.1) is 5.10 Å². The predicted octanol–water partition coefficient (Wildman–Crippen LogP) is 3.46. The van der Waals surface area contributed by atoms with E-state index >= 15 is 0 Å². The summed E-state index contributed by atoms with van der Waals surface area (Å²) in [5.41, 5.74) is 1.79. The van der Waals surface area contributed by atoms with Crippen LogP contribution in [-0.4, -0.2) is 30.7 Å². The summed E-state index contributed by atoms with van der Waals surface area (Å²) in [6.07, 6.45) is 0. The fraction of sp³-hybridized carbons (Fsp3) is 0.211. The molecule has 2 aromatic heterocycles. The van der Waals surface area contributed by atoms with Gasteiger partial charge in [0.1, 0.15) is 0 Å².